The number of benzene rings is 4. The number of ether oxygens (including phenoxy) is 1. The lowest BCUT2D eigenvalue weighted by Crippen LogP contribution is -2.55. The molecule has 5 rings (SSSR count). The third-order valence-corrected chi connectivity index (χ3v) is 7.18. The van der Waals surface area contributed by atoms with E-state index in [0.29, 0.717) is 35.6 Å². The van der Waals surface area contributed by atoms with Crippen molar-refractivity contribution >= 4 is 17.2 Å². The second-order valence-corrected chi connectivity index (χ2v) is 10.5. The predicted molar refractivity (Wildman–Crippen MR) is 153 cm³/mol. The van der Waals surface area contributed by atoms with Gasteiger partial charge in [0.15, 0.2) is 0 Å². The number of anilines is 1. The van der Waals surface area contributed by atoms with Crippen molar-refractivity contribution in [3.63, 3.8) is 0 Å². The topological polar surface area (TPSA) is 49.8 Å². The third-order valence-electron chi connectivity index (χ3n) is 7.18. The molecule has 1 aliphatic rings. The highest BCUT2D eigenvalue weighted by Gasteiger charge is 2.48. The van der Waals surface area contributed by atoms with Crippen LogP contribution in [-0.4, -0.2) is 16.6 Å². The van der Waals surface area contributed by atoms with Crippen LogP contribution in [0.15, 0.2) is 109 Å². The number of β-lactam (4-membered cyclic amide) rings is 1. The molecule has 40 heavy (non-hydrogen) atoms. The average Bonchev–Trinajstić information content (AvgIpc) is 2.95. The summed E-state index contributed by atoms with van der Waals surface area (Å²) in [5, 5.41) is 10.9. The van der Waals surface area contributed by atoms with Crippen LogP contribution in [0.1, 0.15) is 43.0 Å². The molecule has 1 saturated heterocycles. The first-order valence-corrected chi connectivity index (χ1v) is 13.2. The van der Waals surface area contributed by atoms with Crippen LogP contribution in [0.2, 0.25) is 0 Å². The molecule has 6 heteroatoms. The van der Waals surface area contributed by atoms with E-state index < -0.39 is 11.5 Å². The maximum atomic E-state index is 13.6. The van der Waals surface area contributed by atoms with Gasteiger partial charge in [0.1, 0.15) is 24.0 Å². The number of rotatable bonds is 9. The molecule has 1 fully saturated rings. The molecular weight excluding hydrogens is 508 g/mol. The monoisotopic (exact) mass is 539 g/mol. The Labute approximate surface area is 233 Å². The van der Waals surface area contributed by atoms with Crippen LogP contribution >= 0.6 is 0 Å². The van der Waals surface area contributed by atoms with E-state index in [4.69, 9.17) is 4.74 Å². The molecule has 0 saturated carbocycles. The van der Waals surface area contributed by atoms with Gasteiger partial charge in [-0.25, -0.2) is 8.78 Å². The van der Waals surface area contributed by atoms with E-state index in [1.165, 1.54) is 24.3 Å². The number of hydrogen-bond donors (Lipinski definition) is 1. The zero-order valence-corrected chi connectivity index (χ0v) is 22.4. The van der Waals surface area contributed by atoms with Gasteiger partial charge >= 0.3 is 0 Å². The Kier molecular flexibility index (Phi) is 7.81. The summed E-state index contributed by atoms with van der Waals surface area (Å²) in [6.45, 7) is 3.78. The van der Waals surface area contributed by atoms with Gasteiger partial charge < -0.3 is 14.7 Å². The minimum atomic E-state index is -1.20. The number of amides is 1. The van der Waals surface area contributed by atoms with Crippen molar-refractivity contribution in [3.05, 3.63) is 138 Å². The first kappa shape index (κ1) is 27.3. The third kappa shape index (κ3) is 5.97. The molecule has 204 valence electrons. The van der Waals surface area contributed by atoms with Crippen LogP contribution in [0.3, 0.4) is 0 Å². The van der Waals surface area contributed by atoms with Crippen LogP contribution in [0, 0.1) is 17.6 Å². The Morgan fingerprint density at radius 2 is 1.48 bits per heavy atom. The molecule has 0 spiro atoms. The van der Waals surface area contributed by atoms with E-state index in [0.717, 1.165) is 11.1 Å². The molecule has 4 nitrogen and oxygen atoms in total. The fourth-order valence-electron chi connectivity index (χ4n) is 5.15. The van der Waals surface area contributed by atoms with Crippen molar-refractivity contribution in [3.8, 4) is 5.75 Å². The summed E-state index contributed by atoms with van der Waals surface area (Å²) in [6.07, 6.45) is 2.23. The van der Waals surface area contributed by atoms with Gasteiger partial charge in [-0.1, -0.05) is 60.7 Å². The predicted octanol–water partition coefficient (Wildman–Crippen LogP) is 7.49. The summed E-state index contributed by atoms with van der Waals surface area (Å²) < 4.78 is 33.1. The van der Waals surface area contributed by atoms with Crippen LogP contribution in [0.4, 0.5) is 14.5 Å². The Morgan fingerprint density at radius 3 is 2.08 bits per heavy atom. The zero-order valence-electron chi connectivity index (χ0n) is 22.4. The molecule has 0 aromatic heterocycles. The minimum absolute atomic E-state index is 0.0912. The Morgan fingerprint density at radius 1 is 0.875 bits per heavy atom. The van der Waals surface area contributed by atoms with Gasteiger partial charge in [-0.15, -0.1) is 0 Å². The molecule has 1 N–H and O–H groups in total. The van der Waals surface area contributed by atoms with Crippen molar-refractivity contribution < 1.29 is 23.4 Å². The molecule has 1 aliphatic heterocycles. The van der Waals surface area contributed by atoms with Crippen molar-refractivity contribution in [2.24, 2.45) is 5.92 Å². The summed E-state index contributed by atoms with van der Waals surface area (Å²) in [6, 6.07) is 29.1. The SMILES string of the molecule is CC(C)(O)/C(=C\C[C@H]1C(=O)N(c2ccc(F)cc2)[C@@H]1c1ccc(OCc2ccccc2)cc1)c1ccc(F)cc1. The Hall–Kier alpha value is -4.29. The summed E-state index contributed by atoms with van der Waals surface area (Å²) in [7, 11) is 0. The van der Waals surface area contributed by atoms with E-state index in [1.807, 2.05) is 60.7 Å². The lowest BCUT2D eigenvalue weighted by molar-refractivity contribution is -0.130. The highest BCUT2D eigenvalue weighted by Crippen LogP contribution is 2.46. The molecule has 4 aromatic rings. The van der Waals surface area contributed by atoms with Gasteiger partial charge in [-0.2, -0.15) is 0 Å². The van der Waals surface area contributed by atoms with Gasteiger partial charge in [0.05, 0.1) is 17.6 Å². The fraction of sp³-hybridized carbons (Fsp3) is 0.206. The highest BCUT2D eigenvalue weighted by atomic mass is 19.1. The lowest BCUT2D eigenvalue weighted by atomic mass is 9.78. The van der Waals surface area contributed by atoms with Crippen molar-refractivity contribution in [1.82, 2.24) is 0 Å². The molecule has 0 aliphatic carbocycles. The average molecular weight is 540 g/mol. The van der Waals surface area contributed by atoms with E-state index in [1.54, 1.807) is 43.0 Å². The maximum absolute atomic E-state index is 13.6. The standard InChI is InChI=1S/C34H31F2NO3/c1-34(2,39)31(24-8-12-26(35)13-9-24)21-20-30-32(37(33(30)38)28-16-14-27(36)15-17-28)25-10-18-29(19-11-25)40-22-23-6-4-3-5-7-23/h3-19,21,30,32,39H,20,22H2,1-2H3/b31-21-/t30-,32-/m1/s1. The van der Waals surface area contributed by atoms with Crippen LogP contribution in [0.5, 0.6) is 5.75 Å². The van der Waals surface area contributed by atoms with Gasteiger partial charge in [0.25, 0.3) is 0 Å². The molecule has 4 aromatic carbocycles. The van der Waals surface area contributed by atoms with Crippen molar-refractivity contribution in [2.45, 2.75) is 38.5 Å². The van der Waals surface area contributed by atoms with Crippen LogP contribution in [-0.2, 0) is 11.4 Å². The summed E-state index contributed by atoms with van der Waals surface area (Å²) in [5.41, 5.74) is 2.70. The first-order chi connectivity index (χ1) is 19.2. The van der Waals surface area contributed by atoms with Gasteiger partial charge in [0.2, 0.25) is 5.91 Å². The van der Waals surface area contributed by atoms with Crippen molar-refractivity contribution in [1.29, 1.82) is 0 Å². The number of carbonyl (C=O) groups is 1. The Bertz CT molecular complexity index is 1480. The number of allylic oxidation sites excluding steroid dienone is 1. The smallest absolute Gasteiger partial charge is 0.233 e. The summed E-state index contributed by atoms with van der Waals surface area (Å²) in [5.74, 6) is -0.518. The highest BCUT2D eigenvalue weighted by molar-refractivity contribution is 6.03. The zero-order chi connectivity index (χ0) is 28.3. The minimum Gasteiger partial charge on any atom is -0.489 e. The van der Waals surface area contributed by atoms with E-state index in [9.17, 15) is 18.7 Å². The number of aliphatic hydroxyl groups is 1. The normalized spacial score (nSPS) is 17.5. The van der Waals surface area contributed by atoms with Crippen LogP contribution < -0.4 is 9.64 Å². The van der Waals surface area contributed by atoms with Gasteiger partial charge in [0, 0.05) is 5.69 Å². The van der Waals surface area contributed by atoms with Crippen LogP contribution in [0.25, 0.3) is 5.57 Å². The quantitative estimate of drug-likeness (QED) is 0.224. The van der Waals surface area contributed by atoms with E-state index >= 15 is 0 Å². The summed E-state index contributed by atoms with van der Waals surface area (Å²) in [4.78, 5) is 15.1. The molecule has 0 radical (unpaired) electrons. The molecule has 0 unspecified atom stereocenters. The molecule has 1 amide bonds. The second-order valence-electron chi connectivity index (χ2n) is 10.5. The van der Waals surface area contributed by atoms with Gasteiger partial charge in [-0.3, -0.25) is 4.79 Å². The molecular formula is C34H31F2NO3. The largest absolute Gasteiger partial charge is 0.489 e. The van der Waals surface area contributed by atoms with E-state index in [2.05, 4.69) is 0 Å². The Balaban J connectivity index is 1.42. The fourth-order valence-corrected chi connectivity index (χ4v) is 5.15. The number of halogens is 2. The number of hydrogen-bond acceptors (Lipinski definition) is 3. The maximum Gasteiger partial charge on any atom is 0.233 e. The summed E-state index contributed by atoms with van der Waals surface area (Å²) >= 11 is 0. The first-order valence-electron chi connectivity index (χ1n) is 13.2. The lowest BCUT2D eigenvalue weighted by Gasteiger charge is -2.47. The van der Waals surface area contributed by atoms with E-state index in [-0.39, 0.29) is 23.6 Å². The molecule has 0 bridgehead atoms. The molecule has 1 heterocycles. The number of carbonyl (C=O) groups excluding carboxylic acids is 1. The van der Waals surface area contributed by atoms with Crippen molar-refractivity contribution in [2.75, 3.05) is 4.90 Å². The number of nitrogens with zero attached hydrogens (tertiary/aromatic N) is 1. The second kappa shape index (κ2) is 11.4. The molecule has 2 atom stereocenters. The van der Waals surface area contributed by atoms with Gasteiger partial charge in [-0.05, 0) is 91.1 Å².